The van der Waals surface area contributed by atoms with E-state index >= 15 is 0 Å². The van der Waals surface area contributed by atoms with E-state index < -0.39 is 11.2 Å². The molecule has 1 aromatic heterocycles. The van der Waals surface area contributed by atoms with Gasteiger partial charge >= 0.3 is 5.97 Å². The van der Waals surface area contributed by atoms with Gasteiger partial charge in [0.1, 0.15) is 11.0 Å². The van der Waals surface area contributed by atoms with E-state index in [-0.39, 0.29) is 0 Å². The number of carbonyl (C=O) groups is 1. The average Bonchev–Trinajstić information content (AvgIpc) is 2.52. The fraction of sp³-hybridized carbons (Fsp3) is 0.636. The fourth-order valence-electron chi connectivity index (χ4n) is 1.24. The Morgan fingerprint density at radius 3 is 2.69 bits per heavy atom. The number of rotatable bonds is 6. The van der Waals surface area contributed by atoms with Gasteiger partial charge in [-0.1, -0.05) is 31.5 Å². The fourth-order valence-corrected chi connectivity index (χ4v) is 2.23. The molecule has 0 saturated carbocycles. The quantitative estimate of drug-likeness (QED) is 0.778. The first-order valence-electron chi connectivity index (χ1n) is 5.38. The Morgan fingerprint density at radius 2 is 2.25 bits per heavy atom. The molecule has 0 radical (unpaired) electrons. The largest absolute Gasteiger partial charge is 0.480 e. The van der Waals surface area contributed by atoms with Crippen LogP contribution in [-0.2, 0) is 4.79 Å². The van der Waals surface area contributed by atoms with Crippen LogP contribution >= 0.6 is 11.8 Å². The number of hydrogen-bond donors (Lipinski definition) is 1. The molecule has 1 aromatic rings. The molecule has 1 unspecified atom stereocenters. The molecule has 0 fully saturated rings. The van der Waals surface area contributed by atoms with E-state index in [0.717, 1.165) is 24.3 Å². The van der Waals surface area contributed by atoms with Gasteiger partial charge in [0.2, 0.25) is 0 Å². The second-order valence-electron chi connectivity index (χ2n) is 3.71. The highest BCUT2D eigenvalue weighted by molar-refractivity contribution is 8.00. The normalized spacial score (nSPS) is 12.7. The topological polar surface area (TPSA) is 63.3 Å². The maximum absolute atomic E-state index is 11.0. The first-order chi connectivity index (χ1) is 7.54. The van der Waals surface area contributed by atoms with Crippen molar-refractivity contribution < 1.29 is 14.3 Å². The van der Waals surface area contributed by atoms with Gasteiger partial charge in [0.05, 0.1) is 5.69 Å². The molecule has 90 valence electrons. The van der Waals surface area contributed by atoms with Gasteiger partial charge in [-0.3, -0.25) is 4.79 Å². The minimum atomic E-state index is -0.799. The number of unbranched alkanes of at least 4 members (excludes halogenated alkanes) is 1. The Morgan fingerprint density at radius 1 is 1.56 bits per heavy atom. The van der Waals surface area contributed by atoms with Gasteiger partial charge in [-0.2, -0.15) is 0 Å². The van der Waals surface area contributed by atoms with Gasteiger partial charge in [-0.15, -0.1) is 0 Å². The molecule has 4 nitrogen and oxygen atoms in total. The van der Waals surface area contributed by atoms with Crippen molar-refractivity contribution in [1.82, 2.24) is 4.98 Å². The van der Waals surface area contributed by atoms with E-state index in [0.29, 0.717) is 11.6 Å². The second-order valence-corrected chi connectivity index (χ2v) is 4.86. The maximum Gasteiger partial charge on any atom is 0.317 e. The first-order valence-corrected chi connectivity index (χ1v) is 6.26. The number of hydrogen-bond acceptors (Lipinski definition) is 4. The van der Waals surface area contributed by atoms with Crippen molar-refractivity contribution in [2.45, 2.75) is 50.5 Å². The minimum Gasteiger partial charge on any atom is -0.480 e. The molecule has 0 aliphatic carbocycles. The monoisotopic (exact) mass is 243 g/mol. The van der Waals surface area contributed by atoms with Crippen LogP contribution in [0.1, 0.15) is 37.6 Å². The van der Waals surface area contributed by atoms with E-state index in [1.807, 2.05) is 20.8 Å². The Labute approximate surface area is 99.4 Å². The zero-order valence-electron chi connectivity index (χ0n) is 9.82. The number of nitrogens with zero attached hydrogens (tertiary/aromatic N) is 1. The van der Waals surface area contributed by atoms with E-state index in [1.165, 1.54) is 11.8 Å². The van der Waals surface area contributed by atoms with Gasteiger partial charge in [0.25, 0.3) is 5.22 Å². The van der Waals surface area contributed by atoms with Crippen LogP contribution in [0.3, 0.4) is 0 Å². The highest BCUT2D eigenvalue weighted by atomic mass is 32.2. The number of thioether (sulfide) groups is 1. The Balaban J connectivity index is 2.64. The zero-order chi connectivity index (χ0) is 12.1. The summed E-state index contributed by atoms with van der Waals surface area (Å²) in [5.74, 6) is -0.0471. The highest BCUT2D eigenvalue weighted by Crippen LogP contribution is 2.27. The molecule has 0 saturated heterocycles. The third kappa shape index (κ3) is 3.56. The summed E-state index contributed by atoms with van der Waals surface area (Å²) in [6.45, 7) is 5.72. The molecule has 0 bridgehead atoms. The smallest absolute Gasteiger partial charge is 0.317 e. The third-order valence-corrected chi connectivity index (χ3v) is 3.45. The van der Waals surface area contributed by atoms with Crippen LogP contribution in [0, 0.1) is 13.8 Å². The van der Waals surface area contributed by atoms with Gasteiger partial charge in [0.15, 0.2) is 0 Å². The number of carboxylic acids is 1. The molecule has 1 N–H and O–H groups in total. The standard InChI is InChI=1S/C11H17NO3S/c1-4-5-6-9(10(13)14)16-11-12-7(2)8(3)15-11/h9H,4-6H2,1-3H3,(H,13,14). The van der Waals surface area contributed by atoms with Crippen molar-refractivity contribution in [1.29, 1.82) is 0 Å². The lowest BCUT2D eigenvalue weighted by Gasteiger charge is -2.07. The zero-order valence-corrected chi connectivity index (χ0v) is 10.6. The lowest BCUT2D eigenvalue weighted by atomic mass is 10.2. The number of aryl methyl sites for hydroxylation is 2. The van der Waals surface area contributed by atoms with Gasteiger partial charge in [0, 0.05) is 0 Å². The second kappa shape index (κ2) is 5.94. The molecule has 0 spiro atoms. The van der Waals surface area contributed by atoms with Crippen LogP contribution in [0.15, 0.2) is 9.64 Å². The average molecular weight is 243 g/mol. The van der Waals surface area contributed by atoms with Gasteiger partial charge in [-0.05, 0) is 20.3 Å². The molecule has 16 heavy (non-hydrogen) atoms. The van der Waals surface area contributed by atoms with Crippen molar-refractivity contribution in [3.8, 4) is 0 Å². The molecule has 1 heterocycles. The lowest BCUT2D eigenvalue weighted by molar-refractivity contribution is -0.136. The van der Waals surface area contributed by atoms with Crippen LogP contribution in [0.25, 0.3) is 0 Å². The molecule has 1 atom stereocenters. The van der Waals surface area contributed by atoms with Crippen molar-refractivity contribution >= 4 is 17.7 Å². The predicted octanol–water partition coefficient (Wildman–Crippen LogP) is 3.03. The summed E-state index contributed by atoms with van der Waals surface area (Å²) >= 11 is 1.19. The van der Waals surface area contributed by atoms with E-state index in [1.54, 1.807) is 0 Å². The number of aliphatic carboxylic acids is 1. The van der Waals surface area contributed by atoms with E-state index in [2.05, 4.69) is 4.98 Å². The summed E-state index contributed by atoms with van der Waals surface area (Å²) in [4.78, 5) is 15.2. The minimum absolute atomic E-state index is 0.457. The summed E-state index contributed by atoms with van der Waals surface area (Å²) in [5, 5.41) is 9.04. The molecule has 5 heteroatoms. The molecule has 1 rings (SSSR count). The van der Waals surface area contributed by atoms with Crippen LogP contribution in [-0.4, -0.2) is 21.3 Å². The van der Waals surface area contributed by atoms with Gasteiger partial charge in [-0.25, -0.2) is 4.98 Å². The lowest BCUT2D eigenvalue weighted by Crippen LogP contribution is -2.16. The van der Waals surface area contributed by atoms with Crippen molar-refractivity contribution in [2.75, 3.05) is 0 Å². The Bertz CT molecular complexity index is 343. The molecular weight excluding hydrogens is 226 g/mol. The first kappa shape index (κ1) is 13.1. The summed E-state index contributed by atoms with van der Waals surface area (Å²) in [6, 6.07) is 0. The highest BCUT2D eigenvalue weighted by Gasteiger charge is 2.21. The van der Waals surface area contributed by atoms with E-state index in [9.17, 15) is 4.79 Å². The number of aromatic nitrogens is 1. The molecule has 0 aliphatic rings. The van der Waals surface area contributed by atoms with E-state index in [4.69, 9.17) is 9.52 Å². The summed E-state index contributed by atoms with van der Waals surface area (Å²) in [5.41, 5.74) is 0.821. The third-order valence-electron chi connectivity index (χ3n) is 2.35. The number of oxazole rings is 1. The van der Waals surface area contributed by atoms with Crippen LogP contribution in [0.4, 0.5) is 0 Å². The summed E-state index contributed by atoms with van der Waals surface area (Å²) in [6.07, 6.45) is 2.55. The predicted molar refractivity (Wildman–Crippen MR) is 62.8 cm³/mol. The molecule has 0 amide bonds. The van der Waals surface area contributed by atoms with Crippen LogP contribution in [0.5, 0.6) is 0 Å². The summed E-state index contributed by atoms with van der Waals surface area (Å²) in [7, 11) is 0. The van der Waals surface area contributed by atoms with Crippen LogP contribution in [0.2, 0.25) is 0 Å². The Kier molecular flexibility index (Phi) is 4.86. The van der Waals surface area contributed by atoms with Crippen molar-refractivity contribution in [2.24, 2.45) is 0 Å². The number of carboxylic acid groups (broad SMARTS) is 1. The van der Waals surface area contributed by atoms with Crippen LogP contribution < -0.4 is 0 Å². The maximum atomic E-state index is 11.0. The summed E-state index contributed by atoms with van der Waals surface area (Å²) < 4.78 is 5.36. The molecule has 0 aliphatic heterocycles. The van der Waals surface area contributed by atoms with Crippen molar-refractivity contribution in [3.05, 3.63) is 11.5 Å². The van der Waals surface area contributed by atoms with Crippen molar-refractivity contribution in [3.63, 3.8) is 0 Å². The molecular formula is C11H17NO3S. The SMILES string of the molecule is CCCCC(Sc1nc(C)c(C)o1)C(=O)O. The Hall–Kier alpha value is -0.970. The van der Waals surface area contributed by atoms with Gasteiger partial charge < -0.3 is 9.52 Å². The molecule has 0 aromatic carbocycles.